The number of hydrogen-bond donors (Lipinski definition) is 2. The molecule has 2 aliphatic rings. The average molecular weight is 226 g/mol. The lowest BCUT2D eigenvalue weighted by Crippen LogP contribution is -2.44. The number of thiocarbonyl (C=S) groups is 1. The lowest BCUT2D eigenvalue weighted by atomic mass is 10.1. The van der Waals surface area contributed by atoms with Gasteiger partial charge in [-0.25, -0.2) is 0 Å². The van der Waals surface area contributed by atoms with Crippen molar-refractivity contribution in [2.75, 3.05) is 6.54 Å². The fourth-order valence-corrected chi connectivity index (χ4v) is 2.35. The predicted octanol–water partition coefficient (Wildman–Crippen LogP) is 2.44. The average Bonchev–Trinajstić information content (AvgIpc) is 3.05. The summed E-state index contributed by atoms with van der Waals surface area (Å²) in [6.07, 6.45) is 8.07. The van der Waals surface area contributed by atoms with Crippen LogP contribution in [-0.2, 0) is 0 Å². The first-order chi connectivity index (χ1) is 7.31. The fourth-order valence-electron chi connectivity index (χ4n) is 2.11. The van der Waals surface area contributed by atoms with E-state index in [2.05, 4.69) is 17.6 Å². The second kappa shape index (κ2) is 5.15. The molecule has 2 aliphatic carbocycles. The molecular weight excluding hydrogens is 204 g/mol. The Morgan fingerprint density at radius 3 is 2.33 bits per heavy atom. The molecule has 0 aliphatic heterocycles. The zero-order valence-electron chi connectivity index (χ0n) is 9.59. The summed E-state index contributed by atoms with van der Waals surface area (Å²) in [5.74, 6) is 1.84. The van der Waals surface area contributed by atoms with Crippen LogP contribution in [0.4, 0.5) is 0 Å². The van der Waals surface area contributed by atoms with Crippen LogP contribution in [0.25, 0.3) is 0 Å². The predicted molar refractivity (Wildman–Crippen MR) is 67.9 cm³/mol. The van der Waals surface area contributed by atoms with Crippen LogP contribution in [0.5, 0.6) is 0 Å². The van der Waals surface area contributed by atoms with Crippen LogP contribution in [0.1, 0.15) is 45.4 Å². The first-order valence-electron chi connectivity index (χ1n) is 6.35. The van der Waals surface area contributed by atoms with Crippen molar-refractivity contribution in [2.45, 2.75) is 51.5 Å². The Kier molecular flexibility index (Phi) is 3.84. The second-order valence-electron chi connectivity index (χ2n) is 4.95. The maximum Gasteiger partial charge on any atom is 0.166 e. The van der Waals surface area contributed by atoms with E-state index in [1.54, 1.807) is 0 Å². The van der Waals surface area contributed by atoms with E-state index in [0.29, 0.717) is 6.04 Å². The molecular formula is C12H22N2S. The molecule has 0 aromatic rings. The summed E-state index contributed by atoms with van der Waals surface area (Å²) in [6, 6.07) is 0.687. The van der Waals surface area contributed by atoms with Crippen LogP contribution in [0.15, 0.2) is 0 Å². The molecule has 0 bridgehead atoms. The van der Waals surface area contributed by atoms with Gasteiger partial charge in [-0.05, 0) is 56.2 Å². The monoisotopic (exact) mass is 226 g/mol. The van der Waals surface area contributed by atoms with Crippen LogP contribution in [0, 0.1) is 11.8 Å². The smallest absolute Gasteiger partial charge is 0.166 e. The summed E-state index contributed by atoms with van der Waals surface area (Å²) in [6.45, 7) is 3.22. The zero-order chi connectivity index (χ0) is 10.7. The highest BCUT2D eigenvalue weighted by Gasteiger charge is 2.41. The molecule has 0 aromatic carbocycles. The molecule has 3 heteroatoms. The summed E-state index contributed by atoms with van der Waals surface area (Å²) in [4.78, 5) is 0. The van der Waals surface area contributed by atoms with Gasteiger partial charge in [-0.3, -0.25) is 0 Å². The molecule has 2 N–H and O–H groups in total. The molecule has 0 atom stereocenters. The van der Waals surface area contributed by atoms with Crippen LogP contribution in [0.3, 0.4) is 0 Å². The van der Waals surface area contributed by atoms with E-state index in [0.717, 1.165) is 23.5 Å². The third-order valence-electron chi connectivity index (χ3n) is 3.37. The van der Waals surface area contributed by atoms with Gasteiger partial charge in [0.15, 0.2) is 5.11 Å². The van der Waals surface area contributed by atoms with Gasteiger partial charge in [-0.1, -0.05) is 13.3 Å². The molecule has 0 radical (unpaired) electrons. The molecule has 0 aromatic heterocycles. The van der Waals surface area contributed by atoms with Crippen molar-refractivity contribution in [3.63, 3.8) is 0 Å². The third kappa shape index (κ3) is 3.63. The van der Waals surface area contributed by atoms with Crippen molar-refractivity contribution in [2.24, 2.45) is 11.8 Å². The Morgan fingerprint density at radius 2 is 1.87 bits per heavy atom. The normalized spacial score (nSPS) is 20.4. The number of rotatable bonds is 6. The van der Waals surface area contributed by atoms with E-state index in [1.165, 1.54) is 38.5 Å². The molecule has 86 valence electrons. The molecule has 0 heterocycles. The highest BCUT2D eigenvalue weighted by Crippen LogP contribution is 2.44. The maximum atomic E-state index is 5.32. The van der Waals surface area contributed by atoms with E-state index < -0.39 is 0 Å². The summed E-state index contributed by atoms with van der Waals surface area (Å²) >= 11 is 5.32. The first-order valence-corrected chi connectivity index (χ1v) is 6.76. The van der Waals surface area contributed by atoms with E-state index in [4.69, 9.17) is 12.2 Å². The van der Waals surface area contributed by atoms with E-state index >= 15 is 0 Å². The standard InChI is InChI=1S/C12H22N2S/c1-2-3-8-13-12(15)14-11(9-4-5-9)10-6-7-10/h9-11H,2-8H2,1H3,(H2,13,14,15). The molecule has 0 saturated heterocycles. The quantitative estimate of drug-likeness (QED) is 0.537. The molecule has 2 fully saturated rings. The van der Waals surface area contributed by atoms with Crippen LogP contribution in [0.2, 0.25) is 0 Å². The highest BCUT2D eigenvalue weighted by atomic mass is 32.1. The highest BCUT2D eigenvalue weighted by molar-refractivity contribution is 7.80. The Labute approximate surface area is 98.2 Å². The summed E-state index contributed by atoms with van der Waals surface area (Å²) < 4.78 is 0. The third-order valence-corrected chi connectivity index (χ3v) is 3.64. The van der Waals surface area contributed by atoms with Gasteiger partial charge in [-0.2, -0.15) is 0 Å². The Bertz CT molecular complexity index is 210. The molecule has 2 saturated carbocycles. The van der Waals surface area contributed by atoms with E-state index in [9.17, 15) is 0 Å². The molecule has 0 amide bonds. The Balaban J connectivity index is 1.66. The molecule has 0 unspecified atom stereocenters. The minimum atomic E-state index is 0.687. The van der Waals surface area contributed by atoms with Crippen molar-refractivity contribution < 1.29 is 0 Å². The van der Waals surface area contributed by atoms with Crippen molar-refractivity contribution in [1.82, 2.24) is 10.6 Å². The van der Waals surface area contributed by atoms with E-state index in [1.807, 2.05) is 0 Å². The number of hydrogen-bond acceptors (Lipinski definition) is 1. The molecule has 0 spiro atoms. The summed E-state index contributed by atoms with van der Waals surface area (Å²) in [5, 5.41) is 7.70. The van der Waals surface area contributed by atoms with Gasteiger partial charge in [0.2, 0.25) is 0 Å². The lowest BCUT2D eigenvalue weighted by Gasteiger charge is -2.20. The van der Waals surface area contributed by atoms with Gasteiger partial charge in [0, 0.05) is 12.6 Å². The van der Waals surface area contributed by atoms with Crippen molar-refractivity contribution in [3.8, 4) is 0 Å². The largest absolute Gasteiger partial charge is 0.363 e. The van der Waals surface area contributed by atoms with Gasteiger partial charge in [0.1, 0.15) is 0 Å². The molecule has 15 heavy (non-hydrogen) atoms. The van der Waals surface area contributed by atoms with Crippen LogP contribution < -0.4 is 10.6 Å². The topological polar surface area (TPSA) is 24.1 Å². The minimum absolute atomic E-state index is 0.687. The zero-order valence-corrected chi connectivity index (χ0v) is 10.4. The number of nitrogens with one attached hydrogen (secondary N) is 2. The lowest BCUT2D eigenvalue weighted by molar-refractivity contribution is 0.478. The van der Waals surface area contributed by atoms with Gasteiger partial charge in [0.25, 0.3) is 0 Å². The minimum Gasteiger partial charge on any atom is -0.363 e. The van der Waals surface area contributed by atoms with Gasteiger partial charge in [-0.15, -0.1) is 0 Å². The van der Waals surface area contributed by atoms with E-state index in [-0.39, 0.29) is 0 Å². The second-order valence-corrected chi connectivity index (χ2v) is 5.36. The summed E-state index contributed by atoms with van der Waals surface area (Å²) in [5.41, 5.74) is 0. The van der Waals surface area contributed by atoms with Gasteiger partial charge in [0.05, 0.1) is 0 Å². The molecule has 2 nitrogen and oxygen atoms in total. The van der Waals surface area contributed by atoms with Crippen molar-refractivity contribution >= 4 is 17.3 Å². The Hall–Kier alpha value is -0.310. The molecule has 2 rings (SSSR count). The van der Waals surface area contributed by atoms with Gasteiger partial charge >= 0.3 is 0 Å². The van der Waals surface area contributed by atoms with Crippen molar-refractivity contribution in [1.29, 1.82) is 0 Å². The van der Waals surface area contributed by atoms with Gasteiger partial charge < -0.3 is 10.6 Å². The maximum absolute atomic E-state index is 5.32. The number of unbranched alkanes of at least 4 members (excludes halogenated alkanes) is 1. The summed E-state index contributed by atoms with van der Waals surface area (Å²) in [7, 11) is 0. The SMILES string of the molecule is CCCCNC(=S)NC(C1CC1)C1CC1. The van der Waals surface area contributed by atoms with Crippen molar-refractivity contribution in [3.05, 3.63) is 0 Å². The van der Waals surface area contributed by atoms with Crippen LogP contribution in [-0.4, -0.2) is 17.7 Å². The Morgan fingerprint density at radius 1 is 1.27 bits per heavy atom. The van der Waals surface area contributed by atoms with Crippen LogP contribution >= 0.6 is 12.2 Å². The first kappa shape index (κ1) is 11.2. The fraction of sp³-hybridized carbons (Fsp3) is 0.917.